The molecule has 2 aliphatic heterocycles. The highest BCUT2D eigenvalue weighted by atomic mass is 32.2. The average Bonchev–Trinajstić information content (AvgIpc) is 2.82. The van der Waals surface area contributed by atoms with Gasteiger partial charge in [-0.25, -0.2) is 13.2 Å². The molecular formula is C22H24N2O5S2. The number of hydrogen-bond donors (Lipinski definition) is 0. The van der Waals surface area contributed by atoms with Crippen LogP contribution >= 0.6 is 11.8 Å². The number of nitrogens with zero attached hydrogens (tertiary/aromatic N) is 2. The van der Waals surface area contributed by atoms with E-state index < -0.39 is 16.0 Å². The number of thioether (sulfide) groups is 1. The Labute approximate surface area is 186 Å². The molecule has 2 aromatic rings. The highest BCUT2D eigenvalue weighted by Gasteiger charge is 2.36. The van der Waals surface area contributed by atoms with Gasteiger partial charge in [0.05, 0.1) is 23.3 Å². The fraction of sp³-hybridized carbons (Fsp3) is 0.364. The quantitative estimate of drug-likeness (QED) is 0.652. The largest absolute Gasteiger partial charge is 0.465 e. The van der Waals surface area contributed by atoms with Crippen molar-refractivity contribution in [1.82, 2.24) is 4.31 Å². The minimum atomic E-state index is -3.87. The molecule has 0 spiro atoms. The number of ether oxygens (including phenoxy) is 1. The molecule has 0 aromatic heterocycles. The first-order valence-electron chi connectivity index (χ1n) is 10.1. The van der Waals surface area contributed by atoms with Crippen LogP contribution in [0.4, 0.5) is 5.69 Å². The molecule has 0 N–H and O–H groups in total. The van der Waals surface area contributed by atoms with Crippen molar-refractivity contribution in [3.63, 3.8) is 0 Å². The van der Waals surface area contributed by atoms with Crippen LogP contribution in [0.1, 0.15) is 23.2 Å². The van der Waals surface area contributed by atoms with Gasteiger partial charge in [-0.05, 0) is 37.1 Å². The first-order chi connectivity index (χ1) is 14.9. The van der Waals surface area contributed by atoms with E-state index in [9.17, 15) is 18.0 Å². The smallest absolute Gasteiger partial charge is 0.339 e. The SMILES string of the molecule is COC(=O)c1ccccc1S(=O)(=O)N1CCC(C(=O)N2CCSc3ccccc32)CC1. The lowest BCUT2D eigenvalue weighted by Gasteiger charge is -2.35. The van der Waals surface area contributed by atoms with E-state index in [1.807, 2.05) is 29.2 Å². The third-order valence-electron chi connectivity index (χ3n) is 5.71. The van der Waals surface area contributed by atoms with E-state index in [0.29, 0.717) is 19.4 Å². The number of piperidine rings is 1. The number of carbonyl (C=O) groups is 2. The van der Waals surface area contributed by atoms with Gasteiger partial charge in [0.1, 0.15) is 0 Å². The van der Waals surface area contributed by atoms with Gasteiger partial charge in [-0.3, -0.25) is 4.79 Å². The number of benzene rings is 2. The van der Waals surface area contributed by atoms with Crippen molar-refractivity contribution in [2.75, 3.05) is 37.4 Å². The number of esters is 1. The lowest BCUT2D eigenvalue weighted by Crippen LogP contribution is -2.46. The van der Waals surface area contributed by atoms with Crippen LogP contribution in [0.15, 0.2) is 58.3 Å². The van der Waals surface area contributed by atoms with Gasteiger partial charge in [-0.1, -0.05) is 24.3 Å². The second-order valence-electron chi connectivity index (χ2n) is 7.47. The normalized spacial score (nSPS) is 17.8. The molecule has 164 valence electrons. The van der Waals surface area contributed by atoms with Gasteiger partial charge in [-0.2, -0.15) is 4.31 Å². The topological polar surface area (TPSA) is 84.0 Å². The Kier molecular flexibility index (Phi) is 6.36. The van der Waals surface area contributed by atoms with Crippen LogP contribution < -0.4 is 4.90 Å². The molecule has 0 aliphatic carbocycles. The van der Waals surface area contributed by atoms with Gasteiger partial charge in [0, 0.05) is 36.2 Å². The molecule has 0 atom stereocenters. The molecule has 2 heterocycles. The van der Waals surface area contributed by atoms with Gasteiger partial charge in [-0.15, -0.1) is 11.8 Å². The first-order valence-corrected chi connectivity index (χ1v) is 12.6. The Morgan fingerprint density at radius 1 is 1.00 bits per heavy atom. The molecule has 2 aromatic carbocycles. The molecule has 0 radical (unpaired) electrons. The molecule has 1 amide bonds. The van der Waals surface area contributed by atoms with Crippen LogP contribution in [0.2, 0.25) is 0 Å². The summed E-state index contributed by atoms with van der Waals surface area (Å²) < 4.78 is 32.5. The van der Waals surface area contributed by atoms with Gasteiger partial charge in [0.2, 0.25) is 15.9 Å². The minimum Gasteiger partial charge on any atom is -0.465 e. The number of sulfonamides is 1. The van der Waals surface area contributed by atoms with Crippen LogP contribution in [0.3, 0.4) is 0 Å². The van der Waals surface area contributed by atoms with E-state index in [0.717, 1.165) is 16.3 Å². The third kappa shape index (κ3) is 4.22. The predicted molar refractivity (Wildman–Crippen MR) is 119 cm³/mol. The maximum Gasteiger partial charge on any atom is 0.339 e. The number of fused-ring (bicyclic) bond motifs is 1. The number of amides is 1. The third-order valence-corrected chi connectivity index (χ3v) is 8.71. The van der Waals surface area contributed by atoms with E-state index in [1.54, 1.807) is 23.9 Å². The highest BCUT2D eigenvalue weighted by molar-refractivity contribution is 7.99. The number of anilines is 1. The zero-order valence-electron chi connectivity index (χ0n) is 17.2. The van der Waals surface area contributed by atoms with Crippen molar-refractivity contribution in [3.8, 4) is 0 Å². The molecule has 0 unspecified atom stereocenters. The zero-order valence-corrected chi connectivity index (χ0v) is 18.8. The monoisotopic (exact) mass is 460 g/mol. The summed E-state index contributed by atoms with van der Waals surface area (Å²) >= 11 is 1.74. The summed E-state index contributed by atoms with van der Waals surface area (Å²) in [5, 5.41) is 0. The number of hydrogen-bond acceptors (Lipinski definition) is 6. The van der Waals surface area contributed by atoms with Crippen molar-refractivity contribution < 1.29 is 22.7 Å². The lowest BCUT2D eigenvalue weighted by atomic mass is 9.96. The first kappa shape index (κ1) is 21.9. The van der Waals surface area contributed by atoms with Crippen LogP contribution in [0.25, 0.3) is 0 Å². The Balaban J connectivity index is 1.48. The van der Waals surface area contributed by atoms with Crippen LogP contribution in [0, 0.1) is 5.92 Å². The number of rotatable bonds is 4. The van der Waals surface area contributed by atoms with Gasteiger partial charge < -0.3 is 9.64 Å². The van der Waals surface area contributed by atoms with Crippen molar-refractivity contribution >= 4 is 39.3 Å². The predicted octanol–water partition coefficient (Wildman–Crippen LogP) is 3.01. The number of methoxy groups -OCH3 is 1. The van der Waals surface area contributed by atoms with E-state index in [-0.39, 0.29) is 35.4 Å². The Morgan fingerprint density at radius 2 is 1.68 bits per heavy atom. The maximum absolute atomic E-state index is 13.2. The van der Waals surface area contributed by atoms with Crippen molar-refractivity contribution in [3.05, 3.63) is 54.1 Å². The highest BCUT2D eigenvalue weighted by Crippen LogP contribution is 2.36. The fourth-order valence-electron chi connectivity index (χ4n) is 4.07. The second kappa shape index (κ2) is 9.02. The maximum atomic E-state index is 13.2. The molecule has 0 bridgehead atoms. The van der Waals surface area contributed by atoms with Gasteiger partial charge >= 0.3 is 5.97 Å². The van der Waals surface area contributed by atoms with Crippen LogP contribution in [-0.2, 0) is 19.6 Å². The van der Waals surface area contributed by atoms with Gasteiger partial charge in [0.25, 0.3) is 0 Å². The van der Waals surface area contributed by atoms with Crippen LogP contribution in [-0.4, -0.2) is 57.1 Å². The Morgan fingerprint density at radius 3 is 2.42 bits per heavy atom. The molecule has 2 aliphatic rings. The summed E-state index contributed by atoms with van der Waals surface area (Å²) in [5.41, 5.74) is 0.955. The standard InChI is InChI=1S/C22H24N2O5S2/c1-29-22(26)17-6-2-5-9-20(17)31(27,28)23-12-10-16(11-13-23)21(25)24-14-15-30-19-8-4-3-7-18(19)24/h2-9,16H,10-15H2,1H3. The summed E-state index contributed by atoms with van der Waals surface area (Å²) in [6, 6.07) is 13.9. The summed E-state index contributed by atoms with van der Waals surface area (Å²) in [4.78, 5) is 28.1. The fourth-order valence-corrected chi connectivity index (χ4v) is 6.72. The molecule has 9 heteroatoms. The Bertz CT molecular complexity index is 1090. The second-order valence-corrected chi connectivity index (χ2v) is 10.5. The molecule has 0 saturated carbocycles. The minimum absolute atomic E-state index is 0.0191. The van der Waals surface area contributed by atoms with E-state index in [4.69, 9.17) is 4.74 Å². The van der Waals surface area contributed by atoms with Crippen molar-refractivity contribution in [2.45, 2.75) is 22.6 Å². The Hall–Kier alpha value is -2.36. The van der Waals surface area contributed by atoms with Crippen molar-refractivity contribution in [1.29, 1.82) is 0 Å². The summed E-state index contributed by atoms with van der Waals surface area (Å²) in [7, 11) is -2.64. The molecule has 1 fully saturated rings. The van der Waals surface area contributed by atoms with Crippen molar-refractivity contribution in [2.24, 2.45) is 5.92 Å². The summed E-state index contributed by atoms with van der Waals surface area (Å²) in [5.74, 6) is -0.00982. The van der Waals surface area contributed by atoms with Crippen LogP contribution in [0.5, 0.6) is 0 Å². The molecule has 4 rings (SSSR count). The zero-order chi connectivity index (χ0) is 22.0. The lowest BCUT2D eigenvalue weighted by molar-refractivity contribution is -0.123. The average molecular weight is 461 g/mol. The molecule has 1 saturated heterocycles. The summed E-state index contributed by atoms with van der Waals surface area (Å²) in [6.45, 7) is 1.13. The summed E-state index contributed by atoms with van der Waals surface area (Å²) in [6.07, 6.45) is 0.897. The molecule has 31 heavy (non-hydrogen) atoms. The molecule has 7 nitrogen and oxygen atoms in total. The van der Waals surface area contributed by atoms with E-state index in [2.05, 4.69) is 0 Å². The molecular weight excluding hydrogens is 436 g/mol. The number of para-hydroxylation sites is 1. The van der Waals surface area contributed by atoms with E-state index in [1.165, 1.54) is 23.5 Å². The number of carbonyl (C=O) groups excluding carboxylic acids is 2. The van der Waals surface area contributed by atoms with Gasteiger partial charge in [0.15, 0.2) is 0 Å². The van der Waals surface area contributed by atoms with E-state index >= 15 is 0 Å².